The lowest BCUT2D eigenvalue weighted by atomic mass is 9.62. The summed E-state index contributed by atoms with van der Waals surface area (Å²) in [6, 6.07) is 10.3. The van der Waals surface area contributed by atoms with Crippen LogP contribution in [0.1, 0.15) is 36.9 Å². The van der Waals surface area contributed by atoms with Gasteiger partial charge in [0.25, 0.3) is 0 Å². The highest BCUT2D eigenvalue weighted by Gasteiger charge is 2.44. The van der Waals surface area contributed by atoms with E-state index in [1.807, 2.05) is 21.7 Å². The summed E-state index contributed by atoms with van der Waals surface area (Å²) in [5.41, 5.74) is 2.09. The number of fused-ring (bicyclic) bond motifs is 1. The summed E-state index contributed by atoms with van der Waals surface area (Å²) in [5.74, 6) is 1.09. The maximum atomic E-state index is 13.1. The molecule has 1 amide bonds. The second kappa shape index (κ2) is 7.74. The topological polar surface area (TPSA) is 50.6 Å². The van der Waals surface area contributed by atoms with Gasteiger partial charge >= 0.3 is 0 Å². The summed E-state index contributed by atoms with van der Waals surface area (Å²) in [6.07, 6.45) is 4.21. The van der Waals surface area contributed by atoms with Crippen molar-refractivity contribution >= 4 is 23.3 Å². The number of rotatable bonds is 4. The molecule has 2 aromatic rings. The van der Waals surface area contributed by atoms with Crippen molar-refractivity contribution in [3.05, 3.63) is 46.6 Å². The van der Waals surface area contributed by atoms with E-state index in [0.29, 0.717) is 19.8 Å². The minimum Gasteiger partial charge on any atom is -0.379 e. The zero-order chi connectivity index (χ0) is 19.8. The first-order chi connectivity index (χ1) is 14.2. The van der Waals surface area contributed by atoms with Crippen LogP contribution < -0.4 is 4.90 Å². The molecular weight excluding hydrogens is 388 g/mol. The molecule has 1 aromatic heterocycles. The van der Waals surface area contributed by atoms with E-state index in [1.165, 1.54) is 6.42 Å². The number of benzene rings is 1. The van der Waals surface area contributed by atoms with Crippen LogP contribution in [-0.2, 0) is 21.5 Å². The van der Waals surface area contributed by atoms with E-state index in [-0.39, 0.29) is 11.3 Å². The lowest BCUT2D eigenvalue weighted by Crippen LogP contribution is -2.46. The van der Waals surface area contributed by atoms with Crippen molar-refractivity contribution in [1.82, 2.24) is 14.7 Å². The van der Waals surface area contributed by atoms with Crippen molar-refractivity contribution in [3.63, 3.8) is 0 Å². The number of aryl methyl sites for hydroxylation is 1. The average Bonchev–Trinajstić information content (AvgIpc) is 3.13. The number of nitrogens with zero attached hydrogens (tertiary/aromatic N) is 4. The second-order valence-electron chi connectivity index (χ2n) is 8.31. The molecule has 0 bridgehead atoms. The van der Waals surface area contributed by atoms with E-state index in [0.717, 1.165) is 67.5 Å². The van der Waals surface area contributed by atoms with Crippen LogP contribution in [0.2, 0.25) is 5.02 Å². The van der Waals surface area contributed by atoms with E-state index >= 15 is 0 Å². The first-order valence-corrected chi connectivity index (χ1v) is 11.0. The van der Waals surface area contributed by atoms with Gasteiger partial charge in [-0.1, -0.05) is 36.2 Å². The zero-order valence-corrected chi connectivity index (χ0v) is 17.4. The third-order valence-corrected chi connectivity index (χ3v) is 6.97. The Morgan fingerprint density at radius 1 is 1.10 bits per heavy atom. The van der Waals surface area contributed by atoms with Gasteiger partial charge in [-0.2, -0.15) is 5.10 Å². The summed E-state index contributed by atoms with van der Waals surface area (Å²) >= 11 is 6.57. The summed E-state index contributed by atoms with van der Waals surface area (Å²) in [5, 5.41) is 5.78. The monoisotopic (exact) mass is 414 g/mol. The predicted octanol–water partition coefficient (Wildman–Crippen LogP) is 3.08. The van der Waals surface area contributed by atoms with Crippen molar-refractivity contribution in [3.8, 4) is 0 Å². The average molecular weight is 415 g/mol. The molecule has 2 aliphatic heterocycles. The third kappa shape index (κ3) is 3.37. The molecular formula is C22H27ClN4O2. The number of carbonyl (C=O) groups excluding carboxylic acids is 1. The lowest BCUT2D eigenvalue weighted by molar-refractivity contribution is -0.121. The summed E-state index contributed by atoms with van der Waals surface area (Å²) < 4.78 is 7.42. The van der Waals surface area contributed by atoms with Gasteiger partial charge in [0, 0.05) is 42.7 Å². The Hall–Kier alpha value is -1.89. The largest absolute Gasteiger partial charge is 0.379 e. The fraction of sp³-hybridized carbons (Fsp3) is 0.545. The maximum Gasteiger partial charge on any atom is 0.242 e. The SMILES string of the molecule is O=C(CN1CCOCC1)N1CCCn2nc(C3(c4ccccc4Cl)CCC3)cc21. The number of halogens is 1. The Kier molecular flexibility index (Phi) is 5.10. The molecule has 7 heteroatoms. The highest BCUT2D eigenvalue weighted by molar-refractivity contribution is 6.31. The molecule has 3 aliphatic rings. The first kappa shape index (κ1) is 19.1. The molecule has 5 rings (SSSR count). The van der Waals surface area contributed by atoms with Crippen LogP contribution in [0.15, 0.2) is 30.3 Å². The van der Waals surface area contributed by atoms with Crippen molar-refractivity contribution in [2.45, 2.75) is 37.6 Å². The second-order valence-corrected chi connectivity index (χ2v) is 8.72. The molecule has 29 heavy (non-hydrogen) atoms. The van der Waals surface area contributed by atoms with Gasteiger partial charge in [0.05, 0.1) is 25.5 Å². The summed E-state index contributed by atoms with van der Waals surface area (Å²) in [4.78, 5) is 17.2. The Labute approximate surface area is 176 Å². The highest BCUT2D eigenvalue weighted by Crippen LogP contribution is 2.51. The molecule has 0 radical (unpaired) electrons. The van der Waals surface area contributed by atoms with Gasteiger partial charge in [-0.15, -0.1) is 0 Å². The molecule has 0 atom stereocenters. The standard InChI is InChI=1S/C22H27ClN4O2/c23-18-6-2-1-5-17(18)22(7-3-8-22)19-15-20-26(9-4-10-27(20)24-19)21(28)16-25-11-13-29-14-12-25/h1-2,5-6,15H,3-4,7-14,16H2. The number of morpholine rings is 1. The number of hydrogen-bond acceptors (Lipinski definition) is 4. The lowest BCUT2D eigenvalue weighted by Gasteiger charge is -2.41. The van der Waals surface area contributed by atoms with Gasteiger partial charge in [-0.25, -0.2) is 4.68 Å². The van der Waals surface area contributed by atoms with Crippen molar-refractivity contribution in [2.75, 3.05) is 44.3 Å². The van der Waals surface area contributed by atoms with E-state index in [1.54, 1.807) is 0 Å². The van der Waals surface area contributed by atoms with Gasteiger partial charge in [-0.05, 0) is 30.9 Å². The predicted molar refractivity (Wildman–Crippen MR) is 113 cm³/mol. The Morgan fingerprint density at radius 3 is 2.62 bits per heavy atom. The Bertz CT molecular complexity index is 902. The van der Waals surface area contributed by atoms with E-state index < -0.39 is 0 Å². The molecule has 6 nitrogen and oxygen atoms in total. The Morgan fingerprint density at radius 2 is 1.90 bits per heavy atom. The molecule has 1 aliphatic carbocycles. The fourth-order valence-electron chi connectivity index (χ4n) is 4.85. The summed E-state index contributed by atoms with van der Waals surface area (Å²) in [6.45, 7) is 5.10. The minimum absolute atomic E-state index is 0.123. The molecule has 0 unspecified atom stereocenters. The van der Waals surface area contributed by atoms with Crippen LogP contribution in [0.3, 0.4) is 0 Å². The zero-order valence-electron chi connectivity index (χ0n) is 16.6. The number of ether oxygens (including phenoxy) is 1. The van der Waals surface area contributed by atoms with Crippen LogP contribution >= 0.6 is 11.6 Å². The van der Waals surface area contributed by atoms with Crippen molar-refractivity contribution < 1.29 is 9.53 Å². The number of hydrogen-bond donors (Lipinski definition) is 0. The molecule has 1 saturated heterocycles. The first-order valence-electron chi connectivity index (χ1n) is 10.6. The highest BCUT2D eigenvalue weighted by atomic mass is 35.5. The van der Waals surface area contributed by atoms with E-state index in [9.17, 15) is 4.79 Å². The third-order valence-electron chi connectivity index (χ3n) is 6.64. The van der Waals surface area contributed by atoms with Gasteiger partial charge < -0.3 is 4.74 Å². The molecule has 3 heterocycles. The number of anilines is 1. The van der Waals surface area contributed by atoms with Gasteiger partial charge in [0.2, 0.25) is 5.91 Å². The summed E-state index contributed by atoms with van der Waals surface area (Å²) in [7, 11) is 0. The van der Waals surface area contributed by atoms with Crippen LogP contribution in [0.25, 0.3) is 0 Å². The fourth-order valence-corrected chi connectivity index (χ4v) is 5.16. The maximum absolute atomic E-state index is 13.1. The number of aromatic nitrogens is 2. The molecule has 1 saturated carbocycles. The molecule has 1 aromatic carbocycles. The molecule has 0 spiro atoms. The van der Waals surface area contributed by atoms with Gasteiger partial charge in [0.15, 0.2) is 0 Å². The van der Waals surface area contributed by atoms with Crippen molar-refractivity contribution in [2.24, 2.45) is 0 Å². The molecule has 154 valence electrons. The van der Waals surface area contributed by atoms with Gasteiger partial charge in [0.1, 0.15) is 5.82 Å². The normalized spacial score (nSPS) is 21.5. The van der Waals surface area contributed by atoms with Crippen LogP contribution in [0.4, 0.5) is 5.82 Å². The molecule has 0 N–H and O–H groups in total. The smallest absolute Gasteiger partial charge is 0.242 e. The van der Waals surface area contributed by atoms with Crippen LogP contribution in [-0.4, -0.2) is 60.0 Å². The van der Waals surface area contributed by atoms with Crippen LogP contribution in [0.5, 0.6) is 0 Å². The number of carbonyl (C=O) groups is 1. The van der Waals surface area contributed by atoms with Gasteiger partial charge in [-0.3, -0.25) is 14.6 Å². The molecule has 2 fully saturated rings. The van der Waals surface area contributed by atoms with E-state index in [2.05, 4.69) is 23.1 Å². The quantitative estimate of drug-likeness (QED) is 0.771. The van der Waals surface area contributed by atoms with E-state index in [4.69, 9.17) is 21.4 Å². The number of amides is 1. The Balaban J connectivity index is 1.43. The van der Waals surface area contributed by atoms with Crippen LogP contribution in [0, 0.1) is 0 Å². The van der Waals surface area contributed by atoms with Crippen molar-refractivity contribution in [1.29, 1.82) is 0 Å². The minimum atomic E-state index is -0.123.